The second-order valence-corrected chi connectivity index (χ2v) is 5.28. The molecule has 6 nitrogen and oxygen atoms in total. The third-order valence-electron chi connectivity index (χ3n) is 2.72. The minimum Gasteiger partial charge on any atom is -0.330 e. The molecule has 0 aromatic carbocycles. The highest BCUT2D eigenvalue weighted by Crippen LogP contribution is 2.08. The van der Waals surface area contributed by atoms with E-state index in [2.05, 4.69) is 4.98 Å². The van der Waals surface area contributed by atoms with Crippen LogP contribution in [0.2, 0.25) is 0 Å². The first kappa shape index (κ1) is 13.7. The first-order valence-electron chi connectivity index (χ1n) is 6.03. The van der Waals surface area contributed by atoms with Gasteiger partial charge in [0.15, 0.2) is 0 Å². The van der Waals surface area contributed by atoms with Crippen molar-refractivity contribution in [2.24, 2.45) is 5.73 Å². The molecule has 19 heavy (non-hydrogen) atoms. The number of aromatic nitrogens is 3. The van der Waals surface area contributed by atoms with Crippen LogP contribution in [-0.2, 0) is 13.1 Å². The Hall–Kier alpha value is -1.73. The summed E-state index contributed by atoms with van der Waals surface area (Å²) in [5.74, 6) is 0. The maximum atomic E-state index is 12.2. The number of nitrogens with two attached hydrogens (primary N) is 1. The van der Waals surface area contributed by atoms with E-state index in [-0.39, 0.29) is 11.2 Å². The summed E-state index contributed by atoms with van der Waals surface area (Å²) in [5.41, 5.74) is 5.63. The van der Waals surface area contributed by atoms with Gasteiger partial charge in [-0.15, -0.1) is 11.3 Å². The van der Waals surface area contributed by atoms with Crippen LogP contribution in [0, 0.1) is 6.92 Å². The van der Waals surface area contributed by atoms with Crippen molar-refractivity contribution < 1.29 is 0 Å². The van der Waals surface area contributed by atoms with Crippen molar-refractivity contribution in [2.45, 2.75) is 26.4 Å². The van der Waals surface area contributed by atoms with Gasteiger partial charge >= 0.3 is 5.69 Å². The van der Waals surface area contributed by atoms with E-state index < -0.39 is 0 Å². The number of hydrogen-bond acceptors (Lipinski definition) is 5. The van der Waals surface area contributed by atoms with Crippen molar-refractivity contribution in [3.8, 4) is 0 Å². The van der Waals surface area contributed by atoms with Crippen LogP contribution in [0.5, 0.6) is 0 Å². The summed E-state index contributed by atoms with van der Waals surface area (Å²) in [6, 6.07) is 1.40. The Labute approximate surface area is 114 Å². The second kappa shape index (κ2) is 5.94. The smallest absolute Gasteiger partial charge is 0.330 e. The Bertz CT molecular complexity index is 671. The van der Waals surface area contributed by atoms with Gasteiger partial charge in [-0.1, -0.05) is 0 Å². The zero-order chi connectivity index (χ0) is 13.8. The van der Waals surface area contributed by atoms with Crippen LogP contribution in [0.4, 0.5) is 0 Å². The maximum absolute atomic E-state index is 12.2. The molecule has 102 valence electrons. The lowest BCUT2D eigenvalue weighted by Crippen LogP contribution is -2.39. The Morgan fingerprint density at radius 2 is 2.21 bits per heavy atom. The molecule has 7 heteroatoms. The molecule has 0 spiro atoms. The van der Waals surface area contributed by atoms with E-state index in [1.54, 1.807) is 0 Å². The Kier molecular flexibility index (Phi) is 4.28. The topological polar surface area (TPSA) is 82.9 Å². The van der Waals surface area contributed by atoms with Crippen molar-refractivity contribution in [3.05, 3.63) is 49.2 Å². The van der Waals surface area contributed by atoms with Gasteiger partial charge in [-0.3, -0.25) is 13.9 Å². The molecule has 0 saturated carbocycles. The van der Waals surface area contributed by atoms with E-state index >= 15 is 0 Å². The van der Waals surface area contributed by atoms with Gasteiger partial charge in [0.2, 0.25) is 0 Å². The van der Waals surface area contributed by atoms with Crippen molar-refractivity contribution in [1.82, 2.24) is 14.1 Å². The zero-order valence-corrected chi connectivity index (χ0v) is 11.5. The molecule has 0 atom stereocenters. The van der Waals surface area contributed by atoms with Crippen LogP contribution in [0.25, 0.3) is 0 Å². The third-order valence-corrected chi connectivity index (χ3v) is 3.55. The molecule has 0 unspecified atom stereocenters. The summed E-state index contributed by atoms with van der Waals surface area (Å²) >= 11 is 1.54. The summed E-state index contributed by atoms with van der Waals surface area (Å²) in [7, 11) is 0. The van der Waals surface area contributed by atoms with E-state index in [0.29, 0.717) is 26.1 Å². The molecule has 2 heterocycles. The Morgan fingerprint density at radius 3 is 2.84 bits per heavy atom. The summed E-state index contributed by atoms with van der Waals surface area (Å²) in [5, 5.41) is 2.87. The molecule has 0 fully saturated rings. The van der Waals surface area contributed by atoms with Crippen molar-refractivity contribution in [3.63, 3.8) is 0 Å². The van der Waals surface area contributed by atoms with E-state index in [1.807, 2.05) is 12.3 Å². The predicted molar refractivity (Wildman–Crippen MR) is 74.6 cm³/mol. The molecule has 0 aliphatic rings. The van der Waals surface area contributed by atoms with Gasteiger partial charge in [0.1, 0.15) is 0 Å². The molecular formula is C12H16N4O2S. The highest BCUT2D eigenvalue weighted by atomic mass is 32.1. The quantitative estimate of drug-likeness (QED) is 0.846. The normalized spacial score (nSPS) is 10.8. The Morgan fingerprint density at radius 1 is 1.42 bits per heavy atom. The fraction of sp³-hybridized carbons (Fsp3) is 0.417. The highest BCUT2D eigenvalue weighted by molar-refractivity contribution is 7.09. The predicted octanol–water partition coefficient (Wildman–Crippen LogP) is 0.172. The molecule has 0 saturated heterocycles. The molecule has 2 rings (SSSR count). The van der Waals surface area contributed by atoms with Gasteiger partial charge in [0, 0.05) is 24.2 Å². The van der Waals surface area contributed by atoms with Gasteiger partial charge in [-0.25, -0.2) is 9.78 Å². The van der Waals surface area contributed by atoms with Crippen LogP contribution in [0.1, 0.15) is 17.1 Å². The molecular weight excluding hydrogens is 264 g/mol. The average molecular weight is 280 g/mol. The molecule has 0 aliphatic heterocycles. The van der Waals surface area contributed by atoms with E-state index in [0.717, 1.165) is 10.7 Å². The van der Waals surface area contributed by atoms with Gasteiger partial charge < -0.3 is 5.73 Å². The zero-order valence-electron chi connectivity index (χ0n) is 10.7. The second-order valence-electron chi connectivity index (χ2n) is 4.22. The number of nitrogens with zero attached hydrogens (tertiary/aromatic N) is 3. The lowest BCUT2D eigenvalue weighted by atomic mass is 10.4. The summed E-state index contributed by atoms with van der Waals surface area (Å²) < 4.78 is 2.71. The standard InChI is InChI=1S/C12H16N4O2S/c1-9-14-10(8-19-9)7-15-6-3-11(17)16(12(15)18)5-2-4-13/h3,6,8H,2,4-5,7,13H2,1H3. The number of rotatable bonds is 5. The maximum Gasteiger partial charge on any atom is 0.331 e. The monoisotopic (exact) mass is 280 g/mol. The van der Waals surface area contributed by atoms with Crippen LogP contribution >= 0.6 is 11.3 Å². The van der Waals surface area contributed by atoms with E-state index in [4.69, 9.17) is 5.73 Å². The van der Waals surface area contributed by atoms with Crippen molar-refractivity contribution in [1.29, 1.82) is 0 Å². The summed E-state index contributed by atoms with van der Waals surface area (Å²) in [4.78, 5) is 28.1. The first-order valence-corrected chi connectivity index (χ1v) is 6.91. The van der Waals surface area contributed by atoms with Gasteiger partial charge in [-0.2, -0.15) is 0 Å². The number of aryl methyl sites for hydroxylation is 1. The lowest BCUT2D eigenvalue weighted by molar-refractivity contribution is 0.552. The minimum atomic E-state index is -0.313. The van der Waals surface area contributed by atoms with Gasteiger partial charge in [-0.05, 0) is 19.9 Å². The van der Waals surface area contributed by atoms with Gasteiger partial charge in [0.05, 0.1) is 17.2 Å². The summed E-state index contributed by atoms with van der Waals surface area (Å²) in [6.45, 7) is 3.10. The molecule has 0 amide bonds. The lowest BCUT2D eigenvalue weighted by Gasteiger charge is -2.08. The van der Waals surface area contributed by atoms with Crippen LogP contribution in [0.3, 0.4) is 0 Å². The SMILES string of the molecule is Cc1nc(Cn2ccc(=O)n(CCCN)c2=O)cs1. The number of thiazole rings is 1. The largest absolute Gasteiger partial charge is 0.331 e. The minimum absolute atomic E-state index is 0.288. The van der Waals surface area contributed by atoms with Gasteiger partial charge in [0.25, 0.3) is 5.56 Å². The average Bonchev–Trinajstić information content (AvgIpc) is 2.78. The fourth-order valence-corrected chi connectivity index (χ4v) is 2.39. The Balaban J connectivity index is 2.31. The molecule has 2 aromatic heterocycles. The van der Waals surface area contributed by atoms with E-state index in [1.165, 1.54) is 32.7 Å². The number of hydrogen-bond donors (Lipinski definition) is 1. The van der Waals surface area contributed by atoms with E-state index in [9.17, 15) is 9.59 Å². The molecule has 0 bridgehead atoms. The van der Waals surface area contributed by atoms with Crippen molar-refractivity contribution in [2.75, 3.05) is 6.54 Å². The molecule has 2 N–H and O–H groups in total. The van der Waals surface area contributed by atoms with Crippen molar-refractivity contribution >= 4 is 11.3 Å². The molecule has 0 radical (unpaired) electrons. The molecule has 2 aromatic rings. The van der Waals surface area contributed by atoms with Crippen LogP contribution in [-0.4, -0.2) is 20.7 Å². The van der Waals surface area contributed by atoms with Crippen LogP contribution < -0.4 is 17.0 Å². The highest BCUT2D eigenvalue weighted by Gasteiger charge is 2.06. The summed E-state index contributed by atoms with van der Waals surface area (Å²) in [6.07, 6.45) is 2.12. The van der Waals surface area contributed by atoms with Crippen LogP contribution in [0.15, 0.2) is 27.2 Å². The fourth-order valence-electron chi connectivity index (χ4n) is 1.79. The first-order chi connectivity index (χ1) is 9.11. The third kappa shape index (κ3) is 3.18. The molecule has 0 aliphatic carbocycles.